The van der Waals surface area contributed by atoms with Gasteiger partial charge in [0.25, 0.3) is 5.91 Å². The summed E-state index contributed by atoms with van der Waals surface area (Å²) < 4.78 is 16.0. The number of carbonyl (C=O) groups is 2. The van der Waals surface area contributed by atoms with Crippen molar-refractivity contribution in [2.45, 2.75) is 13.3 Å². The normalized spacial score (nSPS) is 11.0. The second kappa shape index (κ2) is 8.00. The molecule has 8 heteroatoms. The van der Waals surface area contributed by atoms with Crippen molar-refractivity contribution >= 4 is 34.3 Å². The van der Waals surface area contributed by atoms with Gasteiger partial charge >= 0.3 is 0 Å². The first-order chi connectivity index (χ1) is 13.3. The third kappa shape index (κ3) is 3.58. The van der Waals surface area contributed by atoms with Gasteiger partial charge in [0.1, 0.15) is 0 Å². The molecule has 6 nitrogen and oxygen atoms in total. The summed E-state index contributed by atoms with van der Waals surface area (Å²) in [6.07, 6.45) is -0.210. The van der Waals surface area contributed by atoms with Crippen molar-refractivity contribution in [1.82, 2.24) is 9.88 Å². The Bertz CT molecular complexity index is 1080. The summed E-state index contributed by atoms with van der Waals surface area (Å²) >= 11 is 5.98. The molecule has 3 aromatic rings. The maximum absolute atomic E-state index is 14.7. The average molecular weight is 405 g/mol. The van der Waals surface area contributed by atoms with Gasteiger partial charge < -0.3 is 15.5 Å². The van der Waals surface area contributed by atoms with Crippen LogP contribution in [-0.4, -0.2) is 39.7 Å². The van der Waals surface area contributed by atoms with Crippen LogP contribution in [0.25, 0.3) is 10.9 Å². The smallest absolute Gasteiger partial charge is 0.262 e. The van der Waals surface area contributed by atoms with Gasteiger partial charge in [-0.05, 0) is 42.8 Å². The lowest BCUT2D eigenvalue weighted by molar-refractivity contribution is -0.120. The van der Waals surface area contributed by atoms with Crippen LogP contribution in [0.15, 0.2) is 36.4 Å². The minimum absolute atomic E-state index is 0.00651. The second-order valence-corrected chi connectivity index (χ2v) is 6.69. The highest BCUT2D eigenvalue weighted by Gasteiger charge is 2.25. The zero-order valence-corrected chi connectivity index (χ0v) is 15.8. The quantitative estimate of drug-likeness (QED) is 0.609. The lowest BCUT2D eigenvalue weighted by atomic mass is 10.1. The molecule has 1 heterocycles. The van der Waals surface area contributed by atoms with E-state index in [-0.39, 0.29) is 36.0 Å². The van der Waals surface area contributed by atoms with Gasteiger partial charge in [-0.1, -0.05) is 17.7 Å². The summed E-state index contributed by atoms with van der Waals surface area (Å²) in [6.45, 7) is 1.44. The topological polar surface area (TPSA) is 91.6 Å². The van der Waals surface area contributed by atoms with Crippen molar-refractivity contribution in [1.29, 1.82) is 0 Å². The number of aliphatic hydroxyl groups excluding tert-OH is 1. The van der Waals surface area contributed by atoms with Crippen LogP contribution in [0.2, 0.25) is 5.02 Å². The van der Waals surface area contributed by atoms with Crippen LogP contribution in [-0.2, 0) is 11.2 Å². The van der Waals surface area contributed by atoms with Gasteiger partial charge in [0.05, 0.1) is 18.5 Å². The third-order valence-electron chi connectivity index (χ3n) is 4.46. The molecule has 3 rings (SSSR count). The fraction of sp³-hybridized carbons (Fsp3) is 0.200. The molecule has 2 aromatic carbocycles. The highest BCUT2D eigenvalue weighted by atomic mass is 35.5. The summed E-state index contributed by atoms with van der Waals surface area (Å²) in [5.74, 6) is -2.34. The van der Waals surface area contributed by atoms with Crippen LogP contribution in [0.5, 0.6) is 5.75 Å². The Kier molecular flexibility index (Phi) is 5.67. The number of fused-ring (bicyclic) bond motifs is 1. The Labute approximate surface area is 165 Å². The number of aromatic hydroxyl groups is 1. The van der Waals surface area contributed by atoms with Gasteiger partial charge in [0.2, 0.25) is 5.91 Å². The number of halogens is 2. The molecule has 3 N–H and O–H groups in total. The zero-order valence-electron chi connectivity index (χ0n) is 15.0. The first-order valence-corrected chi connectivity index (χ1v) is 8.92. The summed E-state index contributed by atoms with van der Waals surface area (Å²) in [6, 6.07) is 8.94. The lowest BCUT2D eigenvalue weighted by Crippen LogP contribution is -2.28. The van der Waals surface area contributed by atoms with Crippen LogP contribution in [0, 0.1) is 12.7 Å². The van der Waals surface area contributed by atoms with E-state index in [1.165, 1.54) is 16.7 Å². The minimum atomic E-state index is -0.900. The molecular formula is C20H18ClFN2O4. The van der Waals surface area contributed by atoms with Crippen LogP contribution < -0.4 is 5.32 Å². The van der Waals surface area contributed by atoms with E-state index in [0.717, 1.165) is 6.07 Å². The molecule has 0 bridgehead atoms. The molecular weight excluding hydrogens is 387 g/mol. The van der Waals surface area contributed by atoms with Crippen molar-refractivity contribution in [3.63, 3.8) is 0 Å². The maximum Gasteiger partial charge on any atom is 0.262 e. The number of amides is 1. The molecule has 0 aliphatic carbocycles. The number of aromatic nitrogens is 1. The number of hydrogen-bond acceptors (Lipinski definition) is 4. The molecule has 0 fully saturated rings. The molecule has 0 radical (unpaired) electrons. The number of phenols is 1. The van der Waals surface area contributed by atoms with Crippen LogP contribution in [0.4, 0.5) is 4.39 Å². The van der Waals surface area contributed by atoms with Gasteiger partial charge in [-0.25, -0.2) is 4.39 Å². The predicted octanol–water partition coefficient (Wildman–Crippen LogP) is 2.79. The number of aliphatic hydroxyl groups is 1. The average Bonchev–Trinajstić information content (AvgIpc) is 2.94. The summed E-state index contributed by atoms with van der Waals surface area (Å²) in [4.78, 5) is 25.2. The highest BCUT2D eigenvalue weighted by molar-refractivity contribution is 6.31. The summed E-state index contributed by atoms with van der Waals surface area (Å²) in [5, 5.41) is 21.5. The maximum atomic E-state index is 14.7. The van der Waals surface area contributed by atoms with Crippen molar-refractivity contribution in [3.05, 3.63) is 64.1 Å². The molecule has 0 spiro atoms. The van der Waals surface area contributed by atoms with Gasteiger partial charge in [-0.3, -0.25) is 14.2 Å². The predicted molar refractivity (Wildman–Crippen MR) is 103 cm³/mol. The number of nitrogens with zero attached hydrogens (tertiary/aromatic N) is 1. The van der Waals surface area contributed by atoms with Crippen molar-refractivity contribution < 1.29 is 24.2 Å². The second-order valence-electron chi connectivity index (χ2n) is 6.26. The molecule has 0 saturated heterocycles. The fourth-order valence-electron chi connectivity index (χ4n) is 3.17. The van der Waals surface area contributed by atoms with Crippen LogP contribution in [0.1, 0.15) is 21.6 Å². The van der Waals surface area contributed by atoms with E-state index in [2.05, 4.69) is 5.32 Å². The van der Waals surface area contributed by atoms with Gasteiger partial charge in [0, 0.05) is 28.2 Å². The largest absolute Gasteiger partial charge is 0.505 e. The highest BCUT2D eigenvalue weighted by Crippen LogP contribution is 2.33. The molecule has 0 aliphatic heterocycles. The first kappa shape index (κ1) is 19.9. The van der Waals surface area contributed by atoms with Gasteiger partial charge in [-0.2, -0.15) is 0 Å². The molecule has 0 atom stereocenters. The van der Waals surface area contributed by atoms with E-state index in [1.54, 1.807) is 25.1 Å². The number of phenolic OH excluding ortho intramolecular Hbond substituents is 1. The molecule has 146 valence electrons. The van der Waals surface area contributed by atoms with E-state index in [1.807, 2.05) is 0 Å². The van der Waals surface area contributed by atoms with Crippen LogP contribution in [0.3, 0.4) is 0 Å². The molecule has 1 aromatic heterocycles. The lowest BCUT2D eigenvalue weighted by Gasteiger charge is -2.08. The molecule has 1 amide bonds. The third-order valence-corrected chi connectivity index (χ3v) is 4.70. The molecule has 0 aliphatic rings. The molecule has 28 heavy (non-hydrogen) atoms. The number of benzene rings is 2. The molecule has 0 unspecified atom stereocenters. The first-order valence-electron chi connectivity index (χ1n) is 8.54. The Morgan fingerprint density at radius 2 is 2.00 bits per heavy atom. The Morgan fingerprint density at radius 3 is 2.68 bits per heavy atom. The number of carbonyl (C=O) groups excluding carboxylic acids is 2. The van der Waals surface area contributed by atoms with E-state index >= 15 is 0 Å². The number of nitrogens with one attached hydrogen (secondary N) is 1. The Balaban J connectivity index is 2.18. The summed E-state index contributed by atoms with van der Waals surface area (Å²) in [7, 11) is 0. The van der Waals surface area contributed by atoms with Crippen molar-refractivity contribution in [2.24, 2.45) is 0 Å². The summed E-state index contributed by atoms with van der Waals surface area (Å²) in [5.41, 5.74) is 1.21. The van der Waals surface area contributed by atoms with Gasteiger partial charge in [0.15, 0.2) is 11.6 Å². The van der Waals surface area contributed by atoms with E-state index in [4.69, 9.17) is 16.7 Å². The van der Waals surface area contributed by atoms with Crippen molar-refractivity contribution in [2.75, 3.05) is 13.2 Å². The standard InChI is InChI=1S/C20H18ClFN2O4/c1-11-14(10-17(27)23-7-8-25)18-15(5-6-16(26)19(18)22)24(11)20(28)12-3-2-4-13(21)9-12/h2-6,9,25-26H,7-8,10H2,1H3,(H,23,27). The number of hydrogen-bond donors (Lipinski definition) is 3. The SMILES string of the molecule is Cc1c(CC(=O)NCCO)c2c(F)c(O)ccc2n1C(=O)c1cccc(Cl)c1. The Morgan fingerprint density at radius 1 is 1.25 bits per heavy atom. The fourth-order valence-corrected chi connectivity index (χ4v) is 3.36. The molecule has 0 saturated carbocycles. The zero-order chi connectivity index (χ0) is 20.4. The van der Waals surface area contributed by atoms with Gasteiger partial charge in [-0.15, -0.1) is 0 Å². The van der Waals surface area contributed by atoms with Crippen LogP contribution >= 0.6 is 11.6 Å². The van der Waals surface area contributed by atoms with E-state index in [9.17, 15) is 19.1 Å². The minimum Gasteiger partial charge on any atom is -0.505 e. The number of rotatable bonds is 5. The van der Waals surface area contributed by atoms with E-state index in [0.29, 0.717) is 16.3 Å². The van der Waals surface area contributed by atoms with Crippen molar-refractivity contribution in [3.8, 4) is 5.75 Å². The Hall–Kier alpha value is -2.90. The van der Waals surface area contributed by atoms with E-state index < -0.39 is 23.4 Å². The monoisotopic (exact) mass is 404 g/mol.